The van der Waals surface area contributed by atoms with Gasteiger partial charge < -0.3 is 4.90 Å². The van der Waals surface area contributed by atoms with Gasteiger partial charge in [-0.15, -0.1) is 0 Å². The number of nitrogens with zero attached hydrogens (tertiary/aromatic N) is 1. The predicted octanol–water partition coefficient (Wildman–Crippen LogP) is 4.21. The van der Waals surface area contributed by atoms with E-state index in [9.17, 15) is 4.79 Å². The summed E-state index contributed by atoms with van der Waals surface area (Å²) in [6.45, 7) is 6.32. The van der Waals surface area contributed by atoms with E-state index in [-0.39, 0.29) is 0 Å². The predicted molar refractivity (Wildman–Crippen MR) is 90.7 cm³/mol. The highest BCUT2D eigenvalue weighted by Gasteiger charge is 2.31. The fraction of sp³-hybridized carbons (Fsp3) is 0.650. The van der Waals surface area contributed by atoms with Crippen LogP contribution in [-0.4, -0.2) is 23.9 Å². The number of carbonyl (C=O) groups is 1. The Labute approximate surface area is 134 Å². The van der Waals surface area contributed by atoms with E-state index >= 15 is 0 Å². The second-order valence-corrected chi connectivity index (χ2v) is 7.56. The summed E-state index contributed by atoms with van der Waals surface area (Å²) in [5, 5.41) is 0. The Kier molecular flexibility index (Phi) is 4.85. The van der Waals surface area contributed by atoms with E-state index in [1.807, 2.05) is 0 Å². The van der Waals surface area contributed by atoms with Crippen LogP contribution >= 0.6 is 0 Å². The van der Waals surface area contributed by atoms with Crippen molar-refractivity contribution in [1.29, 1.82) is 0 Å². The Hall–Kier alpha value is -1.31. The highest BCUT2D eigenvalue weighted by atomic mass is 16.2. The van der Waals surface area contributed by atoms with Crippen LogP contribution in [-0.2, 0) is 11.2 Å². The van der Waals surface area contributed by atoms with Crippen LogP contribution in [0.3, 0.4) is 0 Å². The first-order valence-electron chi connectivity index (χ1n) is 8.95. The number of benzene rings is 1. The van der Waals surface area contributed by atoms with Crippen molar-refractivity contribution in [3.05, 3.63) is 35.4 Å². The molecule has 1 heterocycles. The average Bonchev–Trinajstić information content (AvgIpc) is 3.35. The van der Waals surface area contributed by atoms with E-state index in [0.29, 0.717) is 17.7 Å². The number of carbonyl (C=O) groups excluding carboxylic acids is 1. The first-order valence-corrected chi connectivity index (χ1v) is 8.95. The SMILES string of the molecule is Cc1ccc(C[C@H]2CCCN(C(=O)C[C@@H](C)C3CC3)C2)cc1. The van der Waals surface area contributed by atoms with E-state index in [1.165, 1.54) is 36.8 Å². The van der Waals surface area contributed by atoms with Gasteiger partial charge in [0, 0.05) is 19.5 Å². The molecule has 0 N–H and O–H groups in total. The number of amides is 1. The Morgan fingerprint density at radius 1 is 1.23 bits per heavy atom. The van der Waals surface area contributed by atoms with Crippen LogP contribution in [0.4, 0.5) is 0 Å². The molecule has 2 fully saturated rings. The molecule has 1 saturated heterocycles. The summed E-state index contributed by atoms with van der Waals surface area (Å²) in [5.41, 5.74) is 2.73. The molecule has 2 nitrogen and oxygen atoms in total. The highest BCUT2D eigenvalue weighted by Crippen LogP contribution is 2.38. The fourth-order valence-electron chi connectivity index (χ4n) is 3.75. The van der Waals surface area contributed by atoms with E-state index in [0.717, 1.165) is 31.8 Å². The summed E-state index contributed by atoms with van der Waals surface area (Å²) in [6, 6.07) is 8.87. The molecule has 120 valence electrons. The van der Waals surface area contributed by atoms with Crippen molar-refractivity contribution in [3.63, 3.8) is 0 Å². The molecule has 0 unspecified atom stereocenters. The Morgan fingerprint density at radius 3 is 2.64 bits per heavy atom. The molecule has 22 heavy (non-hydrogen) atoms. The third kappa shape index (κ3) is 4.12. The average molecular weight is 299 g/mol. The minimum atomic E-state index is 0.396. The first-order chi connectivity index (χ1) is 10.6. The molecular formula is C20H29NO. The monoisotopic (exact) mass is 299 g/mol. The lowest BCUT2D eigenvalue weighted by Crippen LogP contribution is -2.41. The summed E-state index contributed by atoms with van der Waals surface area (Å²) in [7, 11) is 0. The largest absolute Gasteiger partial charge is 0.342 e. The Bertz CT molecular complexity index is 503. The van der Waals surface area contributed by atoms with Crippen LogP contribution in [0.25, 0.3) is 0 Å². The van der Waals surface area contributed by atoms with Gasteiger partial charge in [0.2, 0.25) is 5.91 Å². The number of likely N-dealkylation sites (tertiary alicyclic amines) is 1. The van der Waals surface area contributed by atoms with Gasteiger partial charge >= 0.3 is 0 Å². The Morgan fingerprint density at radius 2 is 1.95 bits per heavy atom. The normalized spacial score (nSPS) is 23.4. The van der Waals surface area contributed by atoms with Gasteiger partial charge in [-0.05, 0) is 62.3 Å². The maximum absolute atomic E-state index is 12.5. The summed E-state index contributed by atoms with van der Waals surface area (Å²) in [5.74, 6) is 2.45. The molecule has 1 aliphatic carbocycles. The van der Waals surface area contributed by atoms with Crippen LogP contribution < -0.4 is 0 Å². The molecule has 1 amide bonds. The second kappa shape index (κ2) is 6.85. The van der Waals surface area contributed by atoms with Gasteiger partial charge in [0.1, 0.15) is 0 Å². The minimum absolute atomic E-state index is 0.396. The van der Waals surface area contributed by atoms with Crippen molar-refractivity contribution in [2.45, 2.75) is 52.4 Å². The van der Waals surface area contributed by atoms with Crippen LogP contribution in [0.1, 0.15) is 50.2 Å². The zero-order valence-corrected chi connectivity index (χ0v) is 14.1. The van der Waals surface area contributed by atoms with Crippen LogP contribution in [0, 0.1) is 24.7 Å². The number of rotatable bonds is 5. The molecular weight excluding hydrogens is 270 g/mol. The molecule has 1 saturated carbocycles. The van der Waals surface area contributed by atoms with Crippen LogP contribution in [0.5, 0.6) is 0 Å². The summed E-state index contributed by atoms with van der Waals surface area (Å²) in [4.78, 5) is 14.6. The van der Waals surface area contributed by atoms with Gasteiger partial charge in [-0.2, -0.15) is 0 Å². The van der Waals surface area contributed by atoms with Gasteiger partial charge in [-0.3, -0.25) is 4.79 Å². The van der Waals surface area contributed by atoms with E-state index in [2.05, 4.69) is 43.0 Å². The third-order valence-electron chi connectivity index (χ3n) is 5.44. The number of hydrogen-bond acceptors (Lipinski definition) is 1. The lowest BCUT2D eigenvalue weighted by molar-refractivity contribution is -0.134. The fourth-order valence-corrected chi connectivity index (χ4v) is 3.75. The topological polar surface area (TPSA) is 20.3 Å². The highest BCUT2D eigenvalue weighted by molar-refractivity contribution is 5.76. The summed E-state index contributed by atoms with van der Waals surface area (Å²) < 4.78 is 0. The second-order valence-electron chi connectivity index (χ2n) is 7.56. The molecule has 1 aromatic carbocycles. The third-order valence-corrected chi connectivity index (χ3v) is 5.44. The van der Waals surface area contributed by atoms with E-state index < -0.39 is 0 Å². The van der Waals surface area contributed by atoms with Gasteiger partial charge in [0.15, 0.2) is 0 Å². The van der Waals surface area contributed by atoms with Crippen LogP contribution in [0.2, 0.25) is 0 Å². The zero-order chi connectivity index (χ0) is 15.5. The van der Waals surface area contributed by atoms with Gasteiger partial charge in [-0.25, -0.2) is 0 Å². The molecule has 2 heteroatoms. The van der Waals surface area contributed by atoms with Crippen molar-refractivity contribution in [1.82, 2.24) is 4.90 Å². The summed E-state index contributed by atoms with van der Waals surface area (Å²) >= 11 is 0. The summed E-state index contributed by atoms with van der Waals surface area (Å²) in [6.07, 6.45) is 6.98. The van der Waals surface area contributed by atoms with Crippen molar-refractivity contribution in [2.24, 2.45) is 17.8 Å². The molecule has 2 atom stereocenters. The lowest BCUT2D eigenvalue weighted by Gasteiger charge is -2.33. The van der Waals surface area contributed by atoms with Crippen molar-refractivity contribution < 1.29 is 4.79 Å². The van der Waals surface area contributed by atoms with Crippen molar-refractivity contribution in [2.75, 3.05) is 13.1 Å². The Balaban J connectivity index is 1.52. The molecule has 0 aromatic heterocycles. The molecule has 1 aliphatic heterocycles. The minimum Gasteiger partial charge on any atom is -0.342 e. The smallest absolute Gasteiger partial charge is 0.222 e. The van der Waals surface area contributed by atoms with Crippen LogP contribution in [0.15, 0.2) is 24.3 Å². The molecule has 1 aromatic rings. The van der Waals surface area contributed by atoms with Gasteiger partial charge in [0.25, 0.3) is 0 Å². The molecule has 2 aliphatic rings. The quantitative estimate of drug-likeness (QED) is 0.797. The van der Waals surface area contributed by atoms with E-state index in [4.69, 9.17) is 0 Å². The van der Waals surface area contributed by atoms with E-state index in [1.54, 1.807) is 0 Å². The molecule has 3 rings (SSSR count). The standard InChI is InChI=1S/C20H29NO/c1-15-5-7-17(8-6-15)13-18-4-3-11-21(14-18)20(22)12-16(2)19-9-10-19/h5-8,16,18-19H,3-4,9-14H2,1-2H3/t16-,18-/m1/s1. The zero-order valence-electron chi connectivity index (χ0n) is 14.1. The lowest BCUT2D eigenvalue weighted by atomic mass is 9.90. The van der Waals surface area contributed by atoms with Crippen molar-refractivity contribution >= 4 is 5.91 Å². The number of hydrogen-bond donors (Lipinski definition) is 0. The molecule has 0 bridgehead atoms. The molecule has 0 radical (unpaired) electrons. The molecule has 0 spiro atoms. The number of piperidine rings is 1. The first kappa shape index (κ1) is 15.6. The number of aryl methyl sites for hydroxylation is 1. The van der Waals surface area contributed by atoms with Gasteiger partial charge in [0.05, 0.1) is 0 Å². The van der Waals surface area contributed by atoms with Gasteiger partial charge in [-0.1, -0.05) is 36.8 Å². The maximum atomic E-state index is 12.5. The van der Waals surface area contributed by atoms with Crippen molar-refractivity contribution in [3.8, 4) is 0 Å². The maximum Gasteiger partial charge on any atom is 0.222 e.